The van der Waals surface area contributed by atoms with Crippen LogP contribution in [0.15, 0.2) is 18.2 Å². The van der Waals surface area contributed by atoms with Crippen molar-refractivity contribution in [2.24, 2.45) is 5.73 Å². The van der Waals surface area contributed by atoms with Crippen LogP contribution in [0.3, 0.4) is 0 Å². The number of benzene rings is 1. The van der Waals surface area contributed by atoms with E-state index in [9.17, 15) is 9.59 Å². The Hall–Kier alpha value is -1.23. The number of rotatable bonds is 5. The Morgan fingerprint density at radius 2 is 2.04 bits per heavy atom. The molecule has 1 aromatic rings. The van der Waals surface area contributed by atoms with E-state index in [0.29, 0.717) is 35.8 Å². The summed E-state index contributed by atoms with van der Waals surface area (Å²) >= 11 is 0. The molecular weight excluding hydrogens is 360 g/mol. The quantitative estimate of drug-likeness (QED) is 0.773. The van der Waals surface area contributed by atoms with E-state index < -0.39 is 0 Å². The number of likely N-dealkylation sites (tertiary alicyclic amines) is 1. The lowest BCUT2D eigenvalue weighted by molar-refractivity contribution is -0.905. The van der Waals surface area contributed by atoms with Crippen LogP contribution in [-0.2, 0) is 17.6 Å². The van der Waals surface area contributed by atoms with Crippen LogP contribution in [0.2, 0.25) is 0 Å². The van der Waals surface area contributed by atoms with Gasteiger partial charge >= 0.3 is 5.91 Å². The number of quaternary nitrogens is 1. The molecule has 1 amide bonds. The molecular formula is C22H34ClN2O2+. The smallest absolute Gasteiger partial charge is 0.318 e. The fourth-order valence-corrected chi connectivity index (χ4v) is 5.08. The van der Waals surface area contributed by atoms with Crippen molar-refractivity contribution in [2.75, 3.05) is 13.1 Å². The highest BCUT2D eigenvalue weighted by Crippen LogP contribution is 2.32. The Morgan fingerprint density at radius 1 is 1.26 bits per heavy atom. The first kappa shape index (κ1) is 22.1. The number of aryl methyl sites for hydroxylation is 1. The predicted octanol–water partition coefficient (Wildman–Crippen LogP) is 3.82. The first-order valence-electron chi connectivity index (χ1n) is 10.3. The summed E-state index contributed by atoms with van der Waals surface area (Å²) in [5.41, 5.74) is 9.13. The molecule has 1 aliphatic heterocycles. The highest BCUT2D eigenvalue weighted by atomic mass is 35.5. The molecule has 5 heteroatoms. The second-order valence-electron chi connectivity index (χ2n) is 8.14. The Morgan fingerprint density at radius 3 is 2.74 bits per heavy atom. The molecule has 2 aliphatic rings. The van der Waals surface area contributed by atoms with Crippen molar-refractivity contribution in [3.05, 3.63) is 34.9 Å². The first-order chi connectivity index (χ1) is 12.5. The fraction of sp³-hybridized carbons (Fsp3) is 0.636. The van der Waals surface area contributed by atoms with Gasteiger partial charge in [-0.3, -0.25) is 9.28 Å². The minimum Gasteiger partial charge on any atom is -0.325 e. The summed E-state index contributed by atoms with van der Waals surface area (Å²) in [4.78, 5) is 25.6. The van der Waals surface area contributed by atoms with Crippen LogP contribution >= 0.6 is 12.4 Å². The van der Waals surface area contributed by atoms with Gasteiger partial charge < -0.3 is 5.73 Å². The number of nitrogens with zero attached hydrogens (tertiary/aromatic N) is 1. The summed E-state index contributed by atoms with van der Waals surface area (Å²) in [6.45, 7) is 5.87. The highest BCUT2D eigenvalue weighted by Gasteiger charge is 2.48. The lowest BCUT2D eigenvalue weighted by Gasteiger charge is -2.49. The lowest BCUT2D eigenvalue weighted by atomic mass is 9.88. The second-order valence-corrected chi connectivity index (χ2v) is 8.14. The van der Waals surface area contributed by atoms with Crippen LogP contribution < -0.4 is 5.73 Å². The molecule has 1 aromatic carbocycles. The zero-order valence-electron chi connectivity index (χ0n) is 16.7. The van der Waals surface area contributed by atoms with Gasteiger partial charge in [0.2, 0.25) is 0 Å². The SMILES string of the molecule is CCC(C)[N+]1(C(=O)Cc2ccc3c(c2)CCCC3=O)CCCC[C@H]1CN.Cl. The van der Waals surface area contributed by atoms with E-state index in [4.69, 9.17) is 5.73 Å². The fourth-order valence-electron chi connectivity index (χ4n) is 5.08. The minimum atomic E-state index is 0. The molecule has 1 aliphatic carbocycles. The van der Waals surface area contributed by atoms with Gasteiger partial charge in [-0.05, 0) is 50.2 Å². The Bertz CT molecular complexity index is 691. The molecule has 27 heavy (non-hydrogen) atoms. The molecule has 150 valence electrons. The zero-order chi connectivity index (χ0) is 18.7. The normalized spacial score (nSPS) is 26.0. The number of hydrogen-bond acceptors (Lipinski definition) is 3. The predicted molar refractivity (Wildman–Crippen MR) is 111 cm³/mol. The van der Waals surface area contributed by atoms with E-state index in [1.54, 1.807) is 0 Å². The number of Topliss-reactive ketones (excluding diaryl/α,β-unsaturated/α-hetero) is 1. The van der Waals surface area contributed by atoms with E-state index in [1.807, 2.05) is 12.1 Å². The maximum atomic E-state index is 13.5. The van der Waals surface area contributed by atoms with Crippen molar-refractivity contribution >= 4 is 24.1 Å². The largest absolute Gasteiger partial charge is 0.325 e. The highest BCUT2D eigenvalue weighted by molar-refractivity contribution is 5.98. The number of halogens is 1. The molecule has 1 heterocycles. The van der Waals surface area contributed by atoms with Crippen LogP contribution in [0.1, 0.15) is 73.9 Å². The molecule has 0 radical (unpaired) electrons. The average molecular weight is 394 g/mol. The van der Waals surface area contributed by atoms with E-state index in [1.165, 1.54) is 6.42 Å². The first-order valence-corrected chi connectivity index (χ1v) is 10.3. The van der Waals surface area contributed by atoms with Gasteiger partial charge in [0.05, 0.1) is 19.0 Å². The van der Waals surface area contributed by atoms with Crippen molar-refractivity contribution < 1.29 is 14.1 Å². The second kappa shape index (κ2) is 9.31. The number of carbonyl (C=O) groups is 2. The van der Waals surface area contributed by atoms with Crippen molar-refractivity contribution in [2.45, 2.75) is 77.3 Å². The van der Waals surface area contributed by atoms with Crippen molar-refractivity contribution in [3.8, 4) is 0 Å². The van der Waals surface area contributed by atoms with Crippen LogP contribution in [0.5, 0.6) is 0 Å². The number of hydrogen-bond donors (Lipinski definition) is 1. The molecule has 1 saturated heterocycles. The molecule has 2 unspecified atom stereocenters. The zero-order valence-corrected chi connectivity index (χ0v) is 17.5. The summed E-state index contributed by atoms with van der Waals surface area (Å²) in [7, 11) is 0. The number of ketones is 1. The van der Waals surface area contributed by atoms with E-state index in [0.717, 1.165) is 55.3 Å². The Balaban J connectivity index is 0.00000261. The average Bonchev–Trinajstić information content (AvgIpc) is 2.67. The van der Waals surface area contributed by atoms with Gasteiger partial charge in [-0.25, -0.2) is 4.79 Å². The number of fused-ring (bicyclic) bond motifs is 1. The molecule has 2 N–H and O–H groups in total. The van der Waals surface area contributed by atoms with Gasteiger partial charge in [-0.2, -0.15) is 0 Å². The molecule has 3 atom stereocenters. The monoisotopic (exact) mass is 393 g/mol. The molecule has 4 nitrogen and oxygen atoms in total. The molecule has 0 aromatic heterocycles. The van der Waals surface area contributed by atoms with Crippen LogP contribution in [-0.4, -0.2) is 41.3 Å². The number of nitrogens with two attached hydrogens (primary N) is 1. The summed E-state index contributed by atoms with van der Waals surface area (Å²) in [6, 6.07) is 6.55. The Kier molecular flexibility index (Phi) is 7.61. The minimum absolute atomic E-state index is 0. The summed E-state index contributed by atoms with van der Waals surface area (Å²) in [5, 5.41) is 0. The number of amides is 1. The summed E-state index contributed by atoms with van der Waals surface area (Å²) in [6.07, 6.45) is 7.27. The molecule has 0 saturated carbocycles. The van der Waals surface area contributed by atoms with Crippen molar-refractivity contribution in [1.82, 2.24) is 0 Å². The van der Waals surface area contributed by atoms with Crippen molar-refractivity contribution in [1.29, 1.82) is 0 Å². The van der Waals surface area contributed by atoms with Crippen LogP contribution in [0, 0.1) is 0 Å². The van der Waals surface area contributed by atoms with Crippen LogP contribution in [0.25, 0.3) is 0 Å². The van der Waals surface area contributed by atoms with Crippen molar-refractivity contribution in [3.63, 3.8) is 0 Å². The van der Waals surface area contributed by atoms with Gasteiger partial charge in [0.1, 0.15) is 6.04 Å². The van der Waals surface area contributed by atoms with E-state index in [2.05, 4.69) is 19.9 Å². The van der Waals surface area contributed by atoms with E-state index >= 15 is 0 Å². The Labute approximate surface area is 169 Å². The third-order valence-electron chi connectivity index (χ3n) is 6.76. The van der Waals surface area contributed by atoms with Gasteiger partial charge in [0.15, 0.2) is 5.78 Å². The molecule has 3 rings (SSSR count). The van der Waals surface area contributed by atoms with Crippen LogP contribution in [0.4, 0.5) is 0 Å². The topological polar surface area (TPSA) is 60.2 Å². The third-order valence-corrected chi connectivity index (χ3v) is 6.76. The van der Waals surface area contributed by atoms with Gasteiger partial charge in [0, 0.05) is 24.9 Å². The summed E-state index contributed by atoms with van der Waals surface area (Å²) in [5.74, 6) is 0.544. The number of piperidine rings is 1. The maximum Gasteiger partial charge on any atom is 0.318 e. The van der Waals surface area contributed by atoms with E-state index in [-0.39, 0.29) is 24.2 Å². The maximum absolute atomic E-state index is 13.5. The third kappa shape index (κ3) is 4.13. The summed E-state index contributed by atoms with van der Waals surface area (Å²) < 4.78 is 0.545. The lowest BCUT2D eigenvalue weighted by Crippen LogP contribution is -2.68. The number of carbonyl (C=O) groups excluding carboxylic acids is 2. The molecule has 0 bridgehead atoms. The molecule has 1 fully saturated rings. The van der Waals surface area contributed by atoms with Gasteiger partial charge in [-0.15, -0.1) is 12.4 Å². The molecule has 0 spiro atoms. The van der Waals surface area contributed by atoms with Gasteiger partial charge in [0.25, 0.3) is 0 Å². The standard InChI is InChI=1S/C22H33N2O2.ClH/c1-3-16(2)24(12-5-4-8-19(24)15-23)22(26)14-17-10-11-20-18(13-17)7-6-9-21(20)25;/h10-11,13,16,19H,3-9,12,14-15,23H2,1-2H3;1H/q+1;/t16?,19-,24?;/m0./s1. The van der Waals surface area contributed by atoms with Gasteiger partial charge in [-0.1, -0.05) is 25.1 Å².